The van der Waals surface area contributed by atoms with Crippen molar-refractivity contribution in [2.24, 2.45) is 5.92 Å². The van der Waals surface area contributed by atoms with Crippen LogP contribution in [0.5, 0.6) is 0 Å². The van der Waals surface area contributed by atoms with Crippen molar-refractivity contribution in [2.75, 3.05) is 32.1 Å². The summed E-state index contributed by atoms with van der Waals surface area (Å²) in [6, 6.07) is 5.11. The SMILES string of the molecule is CC(C)C(=O)N1CCC(c2nc(N(C)C)ncc2-c2ccc(C(F)(F)F)cc2)CC1. The maximum atomic E-state index is 12.9. The molecule has 1 aromatic heterocycles. The van der Waals surface area contributed by atoms with Crippen LogP contribution in [0.4, 0.5) is 19.1 Å². The van der Waals surface area contributed by atoms with Crippen LogP contribution in [-0.4, -0.2) is 48.0 Å². The average molecular weight is 420 g/mol. The van der Waals surface area contributed by atoms with Crippen molar-refractivity contribution in [3.05, 3.63) is 41.7 Å². The Morgan fingerprint density at radius 1 is 1.13 bits per heavy atom. The summed E-state index contributed by atoms with van der Waals surface area (Å²) in [5.74, 6) is 0.776. The molecule has 1 aliphatic heterocycles. The number of hydrogen-bond acceptors (Lipinski definition) is 4. The van der Waals surface area contributed by atoms with E-state index in [9.17, 15) is 18.0 Å². The van der Waals surface area contributed by atoms with Gasteiger partial charge in [0.1, 0.15) is 0 Å². The Labute approximate surface area is 174 Å². The van der Waals surface area contributed by atoms with E-state index in [1.807, 2.05) is 32.8 Å². The summed E-state index contributed by atoms with van der Waals surface area (Å²) in [7, 11) is 3.70. The van der Waals surface area contributed by atoms with Gasteiger partial charge >= 0.3 is 6.18 Å². The molecule has 0 unspecified atom stereocenters. The minimum atomic E-state index is -4.37. The van der Waals surface area contributed by atoms with Crippen LogP contribution in [0, 0.1) is 5.92 Å². The molecule has 1 saturated heterocycles. The van der Waals surface area contributed by atoms with Crippen LogP contribution in [0.1, 0.15) is 43.9 Å². The monoisotopic (exact) mass is 420 g/mol. The third-order valence-electron chi connectivity index (χ3n) is 5.42. The van der Waals surface area contributed by atoms with Gasteiger partial charge in [0.2, 0.25) is 11.9 Å². The standard InChI is InChI=1S/C22H27F3N4O/c1-14(2)20(30)29-11-9-16(10-12-29)19-18(13-26-21(27-19)28(3)4)15-5-7-17(8-6-15)22(23,24)25/h5-8,13-14,16H,9-12H2,1-4H3. The van der Waals surface area contributed by atoms with Gasteiger partial charge in [-0.1, -0.05) is 26.0 Å². The van der Waals surface area contributed by atoms with E-state index < -0.39 is 11.7 Å². The Balaban J connectivity index is 1.91. The fourth-order valence-corrected chi connectivity index (χ4v) is 3.71. The zero-order valence-electron chi connectivity index (χ0n) is 17.7. The fourth-order valence-electron chi connectivity index (χ4n) is 3.71. The lowest BCUT2D eigenvalue weighted by Gasteiger charge is -2.33. The molecule has 2 aromatic rings. The number of anilines is 1. The molecular weight excluding hydrogens is 393 g/mol. The summed E-state index contributed by atoms with van der Waals surface area (Å²) < 4.78 is 38.8. The topological polar surface area (TPSA) is 49.3 Å². The molecule has 0 N–H and O–H groups in total. The summed E-state index contributed by atoms with van der Waals surface area (Å²) in [6.45, 7) is 5.08. The zero-order valence-corrected chi connectivity index (χ0v) is 17.7. The van der Waals surface area contributed by atoms with Crippen LogP contribution in [0.25, 0.3) is 11.1 Å². The number of rotatable bonds is 4. The number of benzene rings is 1. The first-order valence-corrected chi connectivity index (χ1v) is 10.1. The van der Waals surface area contributed by atoms with Crippen LogP contribution < -0.4 is 4.90 Å². The lowest BCUT2D eigenvalue weighted by Crippen LogP contribution is -2.40. The van der Waals surface area contributed by atoms with Crippen molar-refractivity contribution >= 4 is 11.9 Å². The van der Waals surface area contributed by atoms with Gasteiger partial charge in [0.25, 0.3) is 0 Å². The van der Waals surface area contributed by atoms with E-state index in [4.69, 9.17) is 4.98 Å². The highest BCUT2D eigenvalue weighted by Gasteiger charge is 2.31. The Morgan fingerprint density at radius 3 is 2.23 bits per heavy atom. The molecular formula is C22H27F3N4O. The van der Waals surface area contributed by atoms with Gasteiger partial charge in [-0.25, -0.2) is 9.97 Å². The van der Waals surface area contributed by atoms with Gasteiger partial charge in [0.15, 0.2) is 0 Å². The molecule has 0 radical (unpaired) electrons. The Kier molecular flexibility index (Phi) is 6.33. The molecule has 0 bridgehead atoms. The maximum absolute atomic E-state index is 12.9. The molecule has 3 rings (SSSR count). The van der Waals surface area contributed by atoms with Gasteiger partial charge in [0.05, 0.1) is 11.3 Å². The van der Waals surface area contributed by atoms with E-state index >= 15 is 0 Å². The van der Waals surface area contributed by atoms with Crippen molar-refractivity contribution in [2.45, 2.75) is 38.8 Å². The largest absolute Gasteiger partial charge is 0.416 e. The second kappa shape index (κ2) is 8.62. The van der Waals surface area contributed by atoms with Gasteiger partial charge in [-0.15, -0.1) is 0 Å². The molecule has 0 spiro atoms. The molecule has 0 atom stereocenters. The van der Waals surface area contributed by atoms with Crippen molar-refractivity contribution in [3.63, 3.8) is 0 Å². The normalized spacial score (nSPS) is 15.5. The smallest absolute Gasteiger partial charge is 0.347 e. The molecule has 1 fully saturated rings. The Bertz CT molecular complexity index is 886. The Morgan fingerprint density at radius 2 is 1.73 bits per heavy atom. The summed E-state index contributed by atoms with van der Waals surface area (Å²) in [5.41, 5.74) is 1.54. The van der Waals surface area contributed by atoms with Crippen LogP contribution in [0.3, 0.4) is 0 Å². The molecule has 8 heteroatoms. The number of nitrogens with zero attached hydrogens (tertiary/aromatic N) is 4. The third kappa shape index (κ3) is 4.74. The molecule has 30 heavy (non-hydrogen) atoms. The maximum Gasteiger partial charge on any atom is 0.416 e. The van der Waals surface area contributed by atoms with Crippen molar-refractivity contribution in [1.29, 1.82) is 0 Å². The molecule has 0 aliphatic carbocycles. The van der Waals surface area contributed by atoms with Crippen LogP contribution in [0.2, 0.25) is 0 Å². The van der Waals surface area contributed by atoms with Crippen LogP contribution in [-0.2, 0) is 11.0 Å². The number of carbonyl (C=O) groups is 1. The van der Waals surface area contributed by atoms with Crippen molar-refractivity contribution in [3.8, 4) is 11.1 Å². The predicted octanol–water partition coefficient (Wildman–Crippen LogP) is 4.59. The number of likely N-dealkylation sites (tertiary alicyclic amines) is 1. The van der Waals surface area contributed by atoms with E-state index in [2.05, 4.69) is 4.98 Å². The minimum Gasteiger partial charge on any atom is -0.347 e. The lowest BCUT2D eigenvalue weighted by atomic mass is 9.88. The summed E-state index contributed by atoms with van der Waals surface area (Å²) in [6.07, 6.45) is -1.17. The number of aromatic nitrogens is 2. The predicted molar refractivity (Wildman–Crippen MR) is 110 cm³/mol. The van der Waals surface area contributed by atoms with Gasteiger partial charge in [-0.3, -0.25) is 4.79 Å². The Hall–Kier alpha value is -2.64. The first-order chi connectivity index (χ1) is 14.1. The van der Waals surface area contributed by atoms with Gasteiger partial charge in [-0.2, -0.15) is 13.2 Å². The van der Waals surface area contributed by atoms with E-state index in [0.29, 0.717) is 24.6 Å². The molecule has 2 heterocycles. The number of hydrogen-bond donors (Lipinski definition) is 0. The summed E-state index contributed by atoms with van der Waals surface area (Å²) in [5, 5.41) is 0. The van der Waals surface area contributed by atoms with Crippen LogP contribution in [0.15, 0.2) is 30.5 Å². The first-order valence-electron chi connectivity index (χ1n) is 10.1. The number of amides is 1. The summed E-state index contributed by atoms with van der Waals surface area (Å²) >= 11 is 0. The number of piperidine rings is 1. The van der Waals surface area contributed by atoms with Gasteiger partial charge < -0.3 is 9.80 Å². The molecule has 1 aliphatic rings. The first kappa shape index (κ1) is 22.1. The highest BCUT2D eigenvalue weighted by molar-refractivity contribution is 5.78. The van der Waals surface area contributed by atoms with Crippen molar-refractivity contribution < 1.29 is 18.0 Å². The quantitative estimate of drug-likeness (QED) is 0.726. The zero-order chi connectivity index (χ0) is 22.1. The van der Waals surface area contributed by atoms with Gasteiger partial charge in [-0.05, 0) is 30.5 Å². The minimum absolute atomic E-state index is 0.0383. The molecule has 1 amide bonds. The van der Waals surface area contributed by atoms with E-state index in [-0.39, 0.29) is 17.7 Å². The van der Waals surface area contributed by atoms with E-state index in [1.54, 1.807) is 11.1 Å². The van der Waals surface area contributed by atoms with Crippen molar-refractivity contribution in [1.82, 2.24) is 14.9 Å². The average Bonchev–Trinajstić information content (AvgIpc) is 2.72. The van der Waals surface area contributed by atoms with E-state index in [0.717, 1.165) is 36.2 Å². The number of halogens is 3. The van der Waals surface area contributed by atoms with Crippen LogP contribution >= 0.6 is 0 Å². The molecule has 5 nitrogen and oxygen atoms in total. The molecule has 162 valence electrons. The van der Waals surface area contributed by atoms with E-state index in [1.165, 1.54) is 12.1 Å². The fraction of sp³-hybridized carbons (Fsp3) is 0.500. The molecule has 0 saturated carbocycles. The lowest BCUT2D eigenvalue weighted by molar-refractivity contribution is -0.137. The number of alkyl halides is 3. The number of carbonyl (C=O) groups excluding carboxylic acids is 1. The summed E-state index contributed by atoms with van der Waals surface area (Å²) in [4.78, 5) is 25.1. The molecule has 1 aromatic carbocycles. The highest BCUT2D eigenvalue weighted by Crippen LogP contribution is 2.36. The van der Waals surface area contributed by atoms with Gasteiger partial charge in [0, 0.05) is 50.8 Å². The third-order valence-corrected chi connectivity index (χ3v) is 5.42. The second-order valence-electron chi connectivity index (χ2n) is 8.19. The second-order valence-corrected chi connectivity index (χ2v) is 8.19. The highest BCUT2D eigenvalue weighted by atomic mass is 19.4.